The SMILES string of the molecule is CCCN(CC(=O)Nc1ccccc1C)CC(C)(C)CN. The molecule has 0 aliphatic rings. The summed E-state index contributed by atoms with van der Waals surface area (Å²) in [5.74, 6) is 0.0329. The highest BCUT2D eigenvalue weighted by molar-refractivity contribution is 5.92. The van der Waals surface area contributed by atoms with E-state index < -0.39 is 0 Å². The molecule has 1 aromatic rings. The molecule has 0 radical (unpaired) electrons. The standard InChI is InChI=1S/C17H29N3O/c1-5-10-20(13-17(3,4)12-18)11-16(21)19-15-9-7-6-8-14(15)2/h6-9H,5,10-13,18H2,1-4H3,(H,19,21). The van der Waals surface area contributed by atoms with Gasteiger partial charge in [0.1, 0.15) is 0 Å². The van der Waals surface area contributed by atoms with Crippen molar-refractivity contribution in [2.24, 2.45) is 11.1 Å². The van der Waals surface area contributed by atoms with Crippen molar-refractivity contribution in [3.8, 4) is 0 Å². The number of hydrogen-bond donors (Lipinski definition) is 2. The number of hydrogen-bond acceptors (Lipinski definition) is 3. The average Bonchev–Trinajstić information content (AvgIpc) is 2.41. The first-order valence-electron chi connectivity index (χ1n) is 7.66. The van der Waals surface area contributed by atoms with Gasteiger partial charge >= 0.3 is 0 Å². The molecule has 0 aliphatic heterocycles. The number of amides is 1. The quantitative estimate of drug-likeness (QED) is 0.774. The molecule has 1 amide bonds. The highest BCUT2D eigenvalue weighted by Gasteiger charge is 2.21. The van der Waals surface area contributed by atoms with Crippen LogP contribution in [0.1, 0.15) is 32.8 Å². The Labute approximate surface area is 128 Å². The average molecular weight is 291 g/mol. The molecular formula is C17H29N3O. The van der Waals surface area contributed by atoms with Crippen molar-refractivity contribution in [1.82, 2.24) is 4.90 Å². The van der Waals surface area contributed by atoms with Crippen LogP contribution in [0.25, 0.3) is 0 Å². The van der Waals surface area contributed by atoms with E-state index in [1.165, 1.54) is 0 Å². The lowest BCUT2D eigenvalue weighted by molar-refractivity contribution is -0.117. The van der Waals surface area contributed by atoms with Gasteiger partial charge in [0.05, 0.1) is 6.54 Å². The van der Waals surface area contributed by atoms with Crippen LogP contribution < -0.4 is 11.1 Å². The Morgan fingerprint density at radius 3 is 2.57 bits per heavy atom. The fourth-order valence-electron chi connectivity index (χ4n) is 2.31. The number of carbonyl (C=O) groups is 1. The van der Waals surface area contributed by atoms with E-state index in [2.05, 4.69) is 31.0 Å². The van der Waals surface area contributed by atoms with E-state index >= 15 is 0 Å². The molecule has 1 rings (SSSR count). The Morgan fingerprint density at radius 1 is 1.33 bits per heavy atom. The Balaban J connectivity index is 2.62. The van der Waals surface area contributed by atoms with Crippen LogP contribution in [0, 0.1) is 12.3 Å². The number of carbonyl (C=O) groups excluding carboxylic acids is 1. The lowest BCUT2D eigenvalue weighted by atomic mass is 9.93. The summed E-state index contributed by atoms with van der Waals surface area (Å²) in [7, 11) is 0. The van der Waals surface area contributed by atoms with Gasteiger partial charge in [0.15, 0.2) is 0 Å². The van der Waals surface area contributed by atoms with Gasteiger partial charge in [-0.15, -0.1) is 0 Å². The third-order valence-electron chi connectivity index (χ3n) is 3.53. The third kappa shape index (κ3) is 6.27. The molecule has 3 N–H and O–H groups in total. The second-order valence-electron chi connectivity index (χ2n) is 6.44. The number of benzene rings is 1. The maximum Gasteiger partial charge on any atom is 0.238 e. The van der Waals surface area contributed by atoms with Gasteiger partial charge in [-0.3, -0.25) is 9.69 Å². The predicted octanol–water partition coefficient (Wildman–Crippen LogP) is 2.63. The van der Waals surface area contributed by atoms with Crippen molar-refractivity contribution in [3.05, 3.63) is 29.8 Å². The van der Waals surface area contributed by atoms with Crippen molar-refractivity contribution in [3.63, 3.8) is 0 Å². The first kappa shape index (κ1) is 17.7. The van der Waals surface area contributed by atoms with Crippen molar-refractivity contribution in [2.45, 2.75) is 34.1 Å². The molecule has 21 heavy (non-hydrogen) atoms. The predicted molar refractivity (Wildman–Crippen MR) is 89.4 cm³/mol. The van der Waals surface area contributed by atoms with E-state index in [0.717, 1.165) is 30.8 Å². The third-order valence-corrected chi connectivity index (χ3v) is 3.53. The molecule has 0 heterocycles. The zero-order valence-corrected chi connectivity index (χ0v) is 13.8. The van der Waals surface area contributed by atoms with E-state index in [4.69, 9.17) is 5.73 Å². The van der Waals surface area contributed by atoms with Crippen LogP contribution >= 0.6 is 0 Å². The van der Waals surface area contributed by atoms with E-state index in [0.29, 0.717) is 13.1 Å². The topological polar surface area (TPSA) is 58.4 Å². The van der Waals surface area contributed by atoms with Gasteiger partial charge < -0.3 is 11.1 Å². The Hall–Kier alpha value is -1.39. The summed E-state index contributed by atoms with van der Waals surface area (Å²) in [5.41, 5.74) is 7.79. The summed E-state index contributed by atoms with van der Waals surface area (Å²) in [4.78, 5) is 14.4. The van der Waals surface area contributed by atoms with Gasteiger partial charge in [0.25, 0.3) is 0 Å². The lowest BCUT2D eigenvalue weighted by Crippen LogP contribution is -2.42. The van der Waals surface area contributed by atoms with Gasteiger partial charge in [0, 0.05) is 12.2 Å². The molecule has 0 atom stereocenters. The molecule has 118 valence electrons. The van der Waals surface area contributed by atoms with Crippen molar-refractivity contribution < 1.29 is 4.79 Å². The monoisotopic (exact) mass is 291 g/mol. The van der Waals surface area contributed by atoms with E-state index in [-0.39, 0.29) is 11.3 Å². The summed E-state index contributed by atoms with van der Waals surface area (Å²) in [6.07, 6.45) is 1.03. The minimum absolute atomic E-state index is 0.0259. The molecule has 4 nitrogen and oxygen atoms in total. The number of aryl methyl sites for hydroxylation is 1. The maximum absolute atomic E-state index is 12.2. The minimum Gasteiger partial charge on any atom is -0.330 e. The number of anilines is 1. The first-order valence-corrected chi connectivity index (χ1v) is 7.66. The largest absolute Gasteiger partial charge is 0.330 e. The summed E-state index contributed by atoms with van der Waals surface area (Å²) in [6, 6.07) is 7.83. The molecule has 0 aromatic heterocycles. The molecule has 0 bridgehead atoms. The second-order valence-corrected chi connectivity index (χ2v) is 6.44. The number of nitrogens with zero attached hydrogens (tertiary/aromatic N) is 1. The number of rotatable bonds is 8. The maximum atomic E-state index is 12.2. The highest BCUT2D eigenvalue weighted by atomic mass is 16.2. The molecule has 0 aliphatic carbocycles. The van der Waals surface area contributed by atoms with Gasteiger partial charge in [0.2, 0.25) is 5.91 Å². The van der Waals surface area contributed by atoms with Gasteiger partial charge in [-0.25, -0.2) is 0 Å². The summed E-state index contributed by atoms with van der Waals surface area (Å²) < 4.78 is 0. The Kier molecular flexibility index (Phi) is 6.85. The Morgan fingerprint density at radius 2 is 2.00 bits per heavy atom. The van der Waals surface area contributed by atoms with Crippen LogP contribution in [-0.2, 0) is 4.79 Å². The smallest absolute Gasteiger partial charge is 0.238 e. The fourth-order valence-corrected chi connectivity index (χ4v) is 2.31. The van der Waals surface area contributed by atoms with Crippen LogP contribution in [0.5, 0.6) is 0 Å². The molecular weight excluding hydrogens is 262 g/mol. The molecule has 0 spiro atoms. The van der Waals surface area contributed by atoms with Gasteiger partial charge in [-0.1, -0.05) is 39.0 Å². The molecule has 0 saturated carbocycles. The van der Waals surface area contributed by atoms with Gasteiger partial charge in [-0.05, 0) is 43.5 Å². The molecule has 1 aromatic carbocycles. The van der Waals surface area contributed by atoms with Crippen molar-refractivity contribution >= 4 is 11.6 Å². The van der Waals surface area contributed by atoms with Crippen LogP contribution in [0.3, 0.4) is 0 Å². The molecule has 0 saturated heterocycles. The van der Waals surface area contributed by atoms with E-state index in [1.807, 2.05) is 31.2 Å². The lowest BCUT2D eigenvalue weighted by Gasteiger charge is -2.31. The van der Waals surface area contributed by atoms with Crippen LogP contribution in [0.2, 0.25) is 0 Å². The summed E-state index contributed by atoms with van der Waals surface area (Å²) in [6.45, 7) is 11.2. The van der Waals surface area contributed by atoms with E-state index in [9.17, 15) is 4.79 Å². The van der Waals surface area contributed by atoms with Crippen molar-refractivity contribution in [2.75, 3.05) is 31.5 Å². The zero-order valence-electron chi connectivity index (χ0n) is 13.8. The fraction of sp³-hybridized carbons (Fsp3) is 0.588. The molecule has 4 heteroatoms. The minimum atomic E-state index is 0.0259. The number of nitrogens with one attached hydrogen (secondary N) is 1. The zero-order chi connectivity index (χ0) is 15.9. The summed E-state index contributed by atoms with van der Waals surface area (Å²) >= 11 is 0. The highest BCUT2D eigenvalue weighted by Crippen LogP contribution is 2.16. The summed E-state index contributed by atoms with van der Waals surface area (Å²) in [5, 5.41) is 2.99. The Bertz CT molecular complexity index is 457. The normalized spacial score (nSPS) is 11.7. The number of para-hydroxylation sites is 1. The van der Waals surface area contributed by atoms with Crippen molar-refractivity contribution in [1.29, 1.82) is 0 Å². The second kappa shape index (κ2) is 8.15. The molecule has 0 unspecified atom stereocenters. The van der Waals surface area contributed by atoms with Crippen LogP contribution in [0.4, 0.5) is 5.69 Å². The van der Waals surface area contributed by atoms with E-state index in [1.54, 1.807) is 0 Å². The van der Waals surface area contributed by atoms with Crippen LogP contribution in [-0.4, -0.2) is 37.0 Å². The van der Waals surface area contributed by atoms with Crippen LogP contribution in [0.15, 0.2) is 24.3 Å². The molecule has 0 fully saturated rings. The number of nitrogens with two attached hydrogens (primary N) is 1. The van der Waals surface area contributed by atoms with Gasteiger partial charge in [-0.2, -0.15) is 0 Å². The first-order chi connectivity index (χ1) is 9.88.